The van der Waals surface area contributed by atoms with Gasteiger partial charge in [0.1, 0.15) is 0 Å². The normalized spacial score (nSPS) is 22.5. The Balaban J connectivity index is 3.08. The summed E-state index contributed by atoms with van der Waals surface area (Å²) < 4.78 is 14.7. The number of hydrogen-bond acceptors (Lipinski definition) is 5. The van der Waals surface area contributed by atoms with E-state index in [4.69, 9.17) is 19.3 Å². The van der Waals surface area contributed by atoms with Crippen LogP contribution in [0, 0.1) is 5.92 Å². The number of carboxylic acid groups (broad SMARTS) is 1. The van der Waals surface area contributed by atoms with Crippen molar-refractivity contribution in [2.45, 2.75) is 37.3 Å². The molecule has 0 bridgehead atoms. The number of ether oxygens (including phenoxy) is 3. The molecule has 0 aliphatic carbocycles. The van der Waals surface area contributed by atoms with Gasteiger partial charge in [-0.2, -0.15) is 0 Å². The summed E-state index contributed by atoms with van der Waals surface area (Å²) >= 11 is 3.34. The molecule has 0 aromatic carbocycles. The molecule has 0 aromatic rings. The molecule has 0 amide bonds. The lowest BCUT2D eigenvalue weighted by molar-refractivity contribution is -0.196. The number of alkyl halides is 1. The van der Waals surface area contributed by atoms with Gasteiger partial charge in [-0.25, -0.2) is 0 Å². The third-order valence-corrected chi connectivity index (χ3v) is 5.06. The van der Waals surface area contributed by atoms with E-state index in [1.54, 1.807) is 20.8 Å². The van der Waals surface area contributed by atoms with Crippen LogP contribution in [0.1, 0.15) is 27.2 Å². The van der Waals surface area contributed by atoms with Gasteiger partial charge in [0.05, 0.1) is 26.2 Å². The quantitative estimate of drug-likeness (QED) is 0.584. The molecule has 1 fully saturated rings. The van der Waals surface area contributed by atoms with Gasteiger partial charge in [0.2, 0.25) is 0 Å². The number of halogens is 1. The van der Waals surface area contributed by atoms with Gasteiger partial charge in [-0.15, -0.1) is 0 Å². The predicted octanol–water partition coefficient (Wildman–Crippen LogP) is 1.56. The maximum Gasteiger partial charge on any atom is 0.328 e. The van der Waals surface area contributed by atoms with Gasteiger partial charge in [0.15, 0.2) is 10.1 Å². The molecule has 110 valence electrons. The van der Waals surface area contributed by atoms with Crippen molar-refractivity contribution in [3.05, 3.63) is 0 Å². The average Bonchev–Trinajstić information content (AvgIpc) is 2.75. The van der Waals surface area contributed by atoms with E-state index in [2.05, 4.69) is 15.9 Å². The Kier molecular flexibility index (Phi) is 5.34. The minimum atomic E-state index is -1.36. The number of carbonyl (C=O) groups excluding carboxylic acids is 1. The molecular weight excluding hydrogens is 320 g/mol. The summed E-state index contributed by atoms with van der Waals surface area (Å²) in [5.74, 6) is -3.38. The van der Waals surface area contributed by atoms with Crippen molar-refractivity contribution >= 4 is 27.9 Å². The first kappa shape index (κ1) is 16.4. The average molecular weight is 339 g/mol. The minimum absolute atomic E-state index is 0.196. The summed E-state index contributed by atoms with van der Waals surface area (Å²) in [6.45, 7) is 5.85. The van der Waals surface area contributed by atoms with Crippen molar-refractivity contribution < 1.29 is 28.9 Å². The van der Waals surface area contributed by atoms with Crippen molar-refractivity contribution in [1.29, 1.82) is 0 Å². The van der Waals surface area contributed by atoms with Gasteiger partial charge in [0, 0.05) is 0 Å². The first-order valence-electron chi connectivity index (χ1n) is 6.13. The third kappa shape index (κ3) is 3.09. The summed E-state index contributed by atoms with van der Waals surface area (Å²) in [5.41, 5.74) is 0. The first-order chi connectivity index (χ1) is 8.78. The van der Waals surface area contributed by atoms with E-state index in [0.717, 1.165) is 0 Å². The van der Waals surface area contributed by atoms with Crippen molar-refractivity contribution in [3.63, 3.8) is 0 Å². The molecule has 1 rings (SSSR count). The minimum Gasteiger partial charge on any atom is -0.481 e. The summed E-state index contributed by atoms with van der Waals surface area (Å²) in [6, 6.07) is 0. The third-order valence-electron chi connectivity index (χ3n) is 3.23. The molecule has 0 aromatic heterocycles. The molecule has 0 spiro atoms. The van der Waals surface area contributed by atoms with Crippen LogP contribution in [-0.2, 0) is 23.8 Å². The topological polar surface area (TPSA) is 82.1 Å². The Morgan fingerprint density at radius 2 is 2.00 bits per heavy atom. The van der Waals surface area contributed by atoms with E-state index in [1.807, 2.05) is 0 Å². The highest BCUT2D eigenvalue weighted by atomic mass is 79.9. The van der Waals surface area contributed by atoms with E-state index in [9.17, 15) is 9.59 Å². The van der Waals surface area contributed by atoms with Crippen LogP contribution >= 0.6 is 15.9 Å². The van der Waals surface area contributed by atoms with Gasteiger partial charge in [-0.3, -0.25) is 9.59 Å². The van der Waals surface area contributed by atoms with Crippen molar-refractivity contribution in [2.24, 2.45) is 5.92 Å². The summed E-state index contributed by atoms with van der Waals surface area (Å²) in [5, 5.41) is 8.93. The van der Waals surface area contributed by atoms with Crippen LogP contribution in [0.5, 0.6) is 0 Å². The second kappa shape index (κ2) is 6.19. The van der Waals surface area contributed by atoms with Gasteiger partial charge in [-0.1, -0.05) is 22.9 Å². The Morgan fingerprint density at radius 3 is 2.42 bits per heavy atom. The second-order valence-electron chi connectivity index (χ2n) is 4.57. The highest BCUT2D eigenvalue weighted by Gasteiger charge is 2.60. The van der Waals surface area contributed by atoms with Gasteiger partial charge >= 0.3 is 11.9 Å². The fourth-order valence-electron chi connectivity index (χ4n) is 2.20. The lowest BCUT2D eigenvalue weighted by Crippen LogP contribution is -2.58. The summed E-state index contributed by atoms with van der Waals surface area (Å²) in [7, 11) is 0. The zero-order chi connectivity index (χ0) is 14.7. The molecule has 1 heterocycles. The Bertz CT molecular complexity index is 352. The molecule has 1 N–H and O–H groups in total. The van der Waals surface area contributed by atoms with E-state index in [1.165, 1.54) is 0 Å². The van der Waals surface area contributed by atoms with Crippen LogP contribution in [0.25, 0.3) is 0 Å². The summed E-state index contributed by atoms with van der Waals surface area (Å²) in [6.07, 6.45) is -0.202. The van der Waals surface area contributed by atoms with Crippen LogP contribution in [0.3, 0.4) is 0 Å². The van der Waals surface area contributed by atoms with Crippen LogP contribution < -0.4 is 0 Å². The number of esters is 1. The molecule has 1 saturated heterocycles. The van der Waals surface area contributed by atoms with E-state index in [-0.39, 0.29) is 13.0 Å². The smallest absolute Gasteiger partial charge is 0.328 e. The Morgan fingerprint density at radius 1 is 1.47 bits per heavy atom. The number of carboxylic acids is 1. The zero-order valence-electron chi connectivity index (χ0n) is 11.3. The highest BCUT2D eigenvalue weighted by Crippen LogP contribution is 2.45. The Hall–Kier alpha value is -0.660. The van der Waals surface area contributed by atoms with Gasteiger partial charge < -0.3 is 19.3 Å². The van der Waals surface area contributed by atoms with Crippen molar-refractivity contribution in [2.75, 3.05) is 19.8 Å². The molecule has 1 aliphatic heterocycles. The monoisotopic (exact) mass is 338 g/mol. The fourth-order valence-corrected chi connectivity index (χ4v) is 2.70. The lowest BCUT2D eigenvalue weighted by Gasteiger charge is -2.41. The van der Waals surface area contributed by atoms with Gasteiger partial charge in [-0.05, 0) is 19.8 Å². The molecule has 19 heavy (non-hydrogen) atoms. The highest BCUT2D eigenvalue weighted by molar-refractivity contribution is 9.10. The maximum absolute atomic E-state index is 12.3. The standard InChI is InChI=1S/C12H19BrO6/c1-4-17-10(16)12(13,8(2)7-9(14)15)11(3)18-5-6-19-11/h8H,4-7H2,1-3H3,(H,14,15)/t8-,12+/m0/s1. The largest absolute Gasteiger partial charge is 0.481 e. The maximum atomic E-state index is 12.3. The molecular formula is C12H19BrO6. The SMILES string of the molecule is CCOC(=O)[C@](Br)([C@@H](C)CC(=O)O)C1(C)OCCO1. The van der Waals surface area contributed by atoms with Crippen LogP contribution in [0.4, 0.5) is 0 Å². The van der Waals surface area contributed by atoms with E-state index < -0.39 is 28.0 Å². The molecule has 2 atom stereocenters. The predicted molar refractivity (Wildman–Crippen MR) is 70.0 cm³/mol. The number of aliphatic carboxylic acids is 1. The molecule has 1 aliphatic rings. The number of hydrogen-bond donors (Lipinski definition) is 1. The fraction of sp³-hybridized carbons (Fsp3) is 0.833. The van der Waals surface area contributed by atoms with E-state index in [0.29, 0.717) is 13.2 Å². The molecule has 0 radical (unpaired) electrons. The van der Waals surface area contributed by atoms with Crippen LogP contribution in [0.15, 0.2) is 0 Å². The molecule has 0 unspecified atom stereocenters. The van der Waals surface area contributed by atoms with Gasteiger partial charge in [0.25, 0.3) is 0 Å². The van der Waals surface area contributed by atoms with Crippen LogP contribution in [-0.4, -0.2) is 47.0 Å². The zero-order valence-corrected chi connectivity index (χ0v) is 12.9. The first-order valence-corrected chi connectivity index (χ1v) is 6.93. The molecule has 7 heteroatoms. The van der Waals surface area contributed by atoms with E-state index >= 15 is 0 Å². The lowest BCUT2D eigenvalue weighted by atomic mass is 9.84. The molecule has 0 saturated carbocycles. The number of carbonyl (C=O) groups is 2. The second-order valence-corrected chi connectivity index (χ2v) is 5.82. The Labute approximate surface area is 120 Å². The van der Waals surface area contributed by atoms with Crippen molar-refractivity contribution in [3.8, 4) is 0 Å². The van der Waals surface area contributed by atoms with Crippen LogP contribution in [0.2, 0.25) is 0 Å². The molecule has 6 nitrogen and oxygen atoms in total. The van der Waals surface area contributed by atoms with Crippen molar-refractivity contribution in [1.82, 2.24) is 0 Å². The number of rotatable bonds is 6. The summed E-state index contributed by atoms with van der Waals surface area (Å²) in [4.78, 5) is 23.2.